The van der Waals surface area contributed by atoms with Gasteiger partial charge in [-0.2, -0.15) is 0 Å². The number of nitrogens with zero attached hydrogens (tertiary/aromatic N) is 1. The first kappa shape index (κ1) is 42.5. The summed E-state index contributed by atoms with van der Waals surface area (Å²) in [5.41, 5.74) is 0. The maximum Gasteiger partial charge on any atom is 0.306 e. The molecule has 2 unspecified atom stereocenters. The van der Waals surface area contributed by atoms with Gasteiger partial charge in [-0.1, -0.05) is 95.9 Å². The van der Waals surface area contributed by atoms with Crippen LogP contribution in [0.25, 0.3) is 0 Å². The Labute approximate surface area is 268 Å². The van der Waals surface area contributed by atoms with Gasteiger partial charge in [0.1, 0.15) is 19.8 Å². The van der Waals surface area contributed by atoms with Crippen molar-refractivity contribution in [1.82, 2.24) is 0 Å². The normalized spacial score (nSPS) is 14.2. The Morgan fingerprint density at radius 1 is 0.705 bits per heavy atom. The van der Waals surface area contributed by atoms with Gasteiger partial charge >= 0.3 is 11.9 Å². The fourth-order valence-electron chi connectivity index (χ4n) is 4.21. The Morgan fingerprint density at radius 3 is 1.82 bits per heavy atom. The molecule has 0 radical (unpaired) electrons. The summed E-state index contributed by atoms with van der Waals surface area (Å²) in [7, 11) is 1.15. The first-order chi connectivity index (χ1) is 21.0. The summed E-state index contributed by atoms with van der Waals surface area (Å²) in [6.07, 6.45) is 25.5. The van der Waals surface area contributed by atoms with Crippen LogP contribution in [0.3, 0.4) is 0 Å². The summed E-state index contributed by atoms with van der Waals surface area (Å²) in [5, 5.41) is 0. The Balaban J connectivity index is 4.37. The lowest BCUT2D eigenvalue weighted by Gasteiger charge is -2.28. The smallest absolute Gasteiger partial charge is 0.306 e. The minimum Gasteiger partial charge on any atom is -0.756 e. The van der Waals surface area contributed by atoms with Gasteiger partial charge < -0.3 is 27.9 Å². The predicted molar refractivity (Wildman–Crippen MR) is 176 cm³/mol. The first-order valence-electron chi connectivity index (χ1n) is 17.0. The van der Waals surface area contributed by atoms with E-state index in [0.717, 1.165) is 64.2 Å². The molecule has 0 spiro atoms. The third kappa shape index (κ3) is 30.5. The summed E-state index contributed by atoms with van der Waals surface area (Å²) in [5.74, 6) is -0.874. The number of phosphoric ester groups is 1. The van der Waals surface area contributed by atoms with Crippen molar-refractivity contribution < 1.29 is 42.1 Å². The highest BCUT2D eigenvalue weighted by Crippen LogP contribution is 2.38. The first-order valence-corrected chi connectivity index (χ1v) is 18.5. The third-order valence-corrected chi connectivity index (χ3v) is 7.94. The molecule has 0 saturated heterocycles. The molecular formula is C34H64NO8P. The van der Waals surface area contributed by atoms with Gasteiger partial charge in [0.2, 0.25) is 0 Å². The molecule has 0 amide bonds. The topological polar surface area (TPSA) is 111 Å². The number of phosphoric acid groups is 1. The van der Waals surface area contributed by atoms with E-state index in [9.17, 15) is 19.0 Å². The van der Waals surface area contributed by atoms with E-state index in [0.29, 0.717) is 17.4 Å². The average Bonchev–Trinajstić information content (AvgIpc) is 2.95. The van der Waals surface area contributed by atoms with Crippen LogP contribution < -0.4 is 4.89 Å². The lowest BCUT2D eigenvalue weighted by Crippen LogP contribution is -2.37. The zero-order valence-electron chi connectivity index (χ0n) is 28.6. The molecule has 10 heteroatoms. The van der Waals surface area contributed by atoms with Crippen LogP contribution in [0.4, 0.5) is 0 Å². The van der Waals surface area contributed by atoms with E-state index in [1.807, 2.05) is 21.1 Å². The van der Waals surface area contributed by atoms with Crippen molar-refractivity contribution in [1.29, 1.82) is 0 Å². The van der Waals surface area contributed by atoms with Gasteiger partial charge in [0, 0.05) is 12.8 Å². The van der Waals surface area contributed by atoms with E-state index >= 15 is 0 Å². The number of quaternary nitrogens is 1. The molecule has 0 aromatic rings. The standard InChI is InChI=1S/C34H64NO8P/c1-6-8-10-12-13-14-15-16-17-18-19-20-21-22-23-25-27-34(37)43-32(30-40-33(36)26-24-11-9-7-2)31-42-44(38,39)41-29-28-35(3,4)5/h14-15,17-18,32H,6-13,16,19-31H2,1-5H3/b15-14-,18-17-. The number of carbonyl (C=O) groups excluding carboxylic acids is 2. The largest absolute Gasteiger partial charge is 0.756 e. The van der Waals surface area contributed by atoms with Gasteiger partial charge in [-0.3, -0.25) is 14.2 Å². The van der Waals surface area contributed by atoms with Crippen LogP contribution >= 0.6 is 7.82 Å². The molecule has 0 aliphatic heterocycles. The summed E-state index contributed by atoms with van der Waals surface area (Å²) in [6.45, 7) is 4.03. The molecule has 44 heavy (non-hydrogen) atoms. The molecule has 0 saturated carbocycles. The minimum absolute atomic E-state index is 0.0334. The van der Waals surface area contributed by atoms with E-state index in [-0.39, 0.29) is 26.1 Å². The molecule has 0 bridgehead atoms. The Hall–Kier alpha value is -1.51. The van der Waals surface area contributed by atoms with E-state index in [1.54, 1.807) is 0 Å². The summed E-state index contributed by atoms with van der Waals surface area (Å²) < 4.78 is 33.4. The highest BCUT2D eigenvalue weighted by Gasteiger charge is 2.21. The highest BCUT2D eigenvalue weighted by atomic mass is 31.2. The molecule has 0 aliphatic rings. The number of unbranched alkanes of at least 4 members (excludes halogenated alkanes) is 12. The van der Waals surface area contributed by atoms with Crippen molar-refractivity contribution in [2.75, 3.05) is 47.5 Å². The third-order valence-electron chi connectivity index (χ3n) is 6.97. The molecule has 0 rings (SSSR count). The molecule has 2 atom stereocenters. The van der Waals surface area contributed by atoms with Crippen molar-refractivity contribution in [3.05, 3.63) is 24.3 Å². The van der Waals surface area contributed by atoms with Crippen LogP contribution in [0, 0.1) is 0 Å². The number of esters is 2. The maximum absolute atomic E-state index is 12.5. The highest BCUT2D eigenvalue weighted by molar-refractivity contribution is 7.45. The van der Waals surface area contributed by atoms with E-state index in [2.05, 4.69) is 38.2 Å². The molecule has 9 nitrogen and oxygen atoms in total. The van der Waals surface area contributed by atoms with Crippen molar-refractivity contribution >= 4 is 19.8 Å². The Morgan fingerprint density at radius 2 is 1.23 bits per heavy atom. The fourth-order valence-corrected chi connectivity index (χ4v) is 4.94. The van der Waals surface area contributed by atoms with Crippen LogP contribution in [-0.4, -0.2) is 70.0 Å². The number of likely N-dealkylation sites (N-methyl/N-ethyl adjacent to an activating group) is 1. The van der Waals surface area contributed by atoms with Crippen LogP contribution in [0.1, 0.15) is 129 Å². The zero-order valence-corrected chi connectivity index (χ0v) is 29.5. The van der Waals surface area contributed by atoms with Crippen LogP contribution in [0.15, 0.2) is 24.3 Å². The lowest BCUT2D eigenvalue weighted by atomic mass is 10.1. The average molecular weight is 646 g/mol. The molecule has 0 heterocycles. The Kier molecular flexibility index (Phi) is 26.8. The van der Waals surface area contributed by atoms with Gasteiger partial charge in [-0.25, -0.2) is 0 Å². The predicted octanol–water partition coefficient (Wildman–Crippen LogP) is 7.82. The van der Waals surface area contributed by atoms with Crippen LogP contribution in [0.2, 0.25) is 0 Å². The number of carbonyl (C=O) groups is 2. The molecule has 0 aromatic carbocycles. The van der Waals surface area contributed by atoms with E-state index in [4.69, 9.17) is 18.5 Å². The van der Waals surface area contributed by atoms with E-state index in [1.165, 1.54) is 32.1 Å². The molecule has 0 fully saturated rings. The molecule has 258 valence electrons. The van der Waals surface area contributed by atoms with E-state index < -0.39 is 32.5 Å². The fraction of sp³-hybridized carbons (Fsp3) is 0.824. The summed E-state index contributed by atoms with van der Waals surface area (Å²) in [4.78, 5) is 36.8. The van der Waals surface area contributed by atoms with Crippen LogP contribution in [-0.2, 0) is 32.7 Å². The SMILES string of the molecule is CCCCCC/C=C\C/C=C\CCCCCCCC(=O)OC(COC(=O)CCCCCC)COP(=O)([O-])OCC[N+](C)(C)C. The van der Waals surface area contributed by atoms with Gasteiger partial charge in [0.25, 0.3) is 7.82 Å². The number of hydrogen-bond acceptors (Lipinski definition) is 8. The second kappa shape index (κ2) is 27.8. The Bertz CT molecular complexity index is 825. The zero-order chi connectivity index (χ0) is 32.9. The van der Waals surface area contributed by atoms with Crippen molar-refractivity contribution in [2.24, 2.45) is 0 Å². The number of allylic oxidation sites excluding steroid dienone is 4. The van der Waals surface area contributed by atoms with Crippen LogP contribution in [0.5, 0.6) is 0 Å². The lowest BCUT2D eigenvalue weighted by molar-refractivity contribution is -0.870. The number of ether oxygens (including phenoxy) is 2. The molecule has 0 aliphatic carbocycles. The summed E-state index contributed by atoms with van der Waals surface area (Å²) in [6, 6.07) is 0. The number of rotatable bonds is 30. The summed E-state index contributed by atoms with van der Waals surface area (Å²) >= 11 is 0. The number of hydrogen-bond donors (Lipinski definition) is 0. The van der Waals surface area contributed by atoms with Gasteiger partial charge in [0.05, 0.1) is 27.7 Å². The molecule has 0 N–H and O–H groups in total. The van der Waals surface area contributed by atoms with Gasteiger partial charge in [-0.15, -0.1) is 0 Å². The second-order valence-corrected chi connectivity index (χ2v) is 13.9. The van der Waals surface area contributed by atoms with Gasteiger partial charge in [0.15, 0.2) is 6.10 Å². The quantitative estimate of drug-likeness (QED) is 0.0256. The molecular weight excluding hydrogens is 581 g/mol. The maximum atomic E-state index is 12.5. The van der Waals surface area contributed by atoms with Crippen molar-refractivity contribution in [3.8, 4) is 0 Å². The van der Waals surface area contributed by atoms with Crippen molar-refractivity contribution in [2.45, 2.75) is 136 Å². The molecule has 0 aromatic heterocycles. The second-order valence-electron chi connectivity index (χ2n) is 12.5. The van der Waals surface area contributed by atoms with Crippen molar-refractivity contribution in [3.63, 3.8) is 0 Å². The minimum atomic E-state index is -4.60. The van der Waals surface area contributed by atoms with Gasteiger partial charge in [-0.05, 0) is 44.9 Å². The monoisotopic (exact) mass is 645 g/mol.